The first kappa shape index (κ1) is 19.9. The molecule has 1 aromatic heterocycles. The molecule has 30 heavy (non-hydrogen) atoms. The van der Waals surface area contributed by atoms with Crippen molar-refractivity contribution >= 4 is 46.8 Å². The van der Waals surface area contributed by atoms with Crippen LogP contribution in [0.5, 0.6) is 0 Å². The number of hydrogen-bond donors (Lipinski definition) is 2. The molecule has 0 saturated heterocycles. The Morgan fingerprint density at radius 1 is 1.00 bits per heavy atom. The third-order valence-electron chi connectivity index (χ3n) is 4.27. The average Bonchev–Trinajstić information content (AvgIpc) is 2.93. The van der Waals surface area contributed by atoms with Crippen LogP contribution < -0.4 is 10.8 Å². The lowest BCUT2D eigenvalue weighted by atomic mass is 10.0. The molecule has 0 spiro atoms. The molecule has 150 valence electrons. The lowest BCUT2D eigenvalue weighted by Crippen LogP contribution is -2.24. The minimum atomic E-state index is -0.668. The van der Waals surface area contributed by atoms with Gasteiger partial charge in [0.15, 0.2) is 0 Å². The van der Waals surface area contributed by atoms with Gasteiger partial charge in [0.2, 0.25) is 0 Å². The van der Waals surface area contributed by atoms with E-state index < -0.39 is 6.09 Å². The number of rotatable bonds is 4. The van der Waals surface area contributed by atoms with Crippen LogP contribution in [0.25, 0.3) is 6.08 Å². The molecule has 2 N–H and O–H groups in total. The number of nitrogens with zero attached hydrogens (tertiary/aromatic N) is 2. The molecule has 0 atom stereocenters. The number of amides is 1. The van der Waals surface area contributed by atoms with Crippen molar-refractivity contribution < 1.29 is 9.63 Å². The van der Waals surface area contributed by atoms with Crippen LogP contribution in [0.1, 0.15) is 16.8 Å². The number of benzene rings is 2. The van der Waals surface area contributed by atoms with Crippen LogP contribution in [-0.2, 0) is 4.84 Å². The normalized spacial score (nSPS) is 12.7. The number of carbonyl (C=O) groups is 1. The number of aliphatic imine (C=N–C) groups is 1. The van der Waals surface area contributed by atoms with Crippen molar-refractivity contribution in [2.45, 2.75) is 0 Å². The van der Waals surface area contributed by atoms with Crippen LogP contribution in [0.2, 0.25) is 10.0 Å². The van der Waals surface area contributed by atoms with Crippen LogP contribution >= 0.6 is 23.2 Å². The minimum absolute atomic E-state index is 0.270. The maximum Gasteiger partial charge on any atom is 0.435 e. The number of halogens is 2. The highest BCUT2D eigenvalue weighted by Gasteiger charge is 2.17. The lowest BCUT2D eigenvalue weighted by molar-refractivity contribution is 0.120. The minimum Gasteiger partial charge on any atom is -0.324 e. The summed E-state index contributed by atoms with van der Waals surface area (Å²) in [5.74, 6) is 0. The van der Waals surface area contributed by atoms with Crippen molar-refractivity contribution in [2.24, 2.45) is 4.99 Å². The van der Waals surface area contributed by atoms with Gasteiger partial charge in [0.05, 0.1) is 28.7 Å². The average molecular weight is 439 g/mol. The quantitative estimate of drug-likeness (QED) is 0.539. The summed E-state index contributed by atoms with van der Waals surface area (Å²) in [6.07, 6.45) is 2.68. The maximum absolute atomic E-state index is 12.1. The number of carbonyl (C=O) groups excluding carboxylic acids is 1. The zero-order chi connectivity index (χ0) is 20.9. The fourth-order valence-electron chi connectivity index (χ4n) is 2.91. The second-order valence-corrected chi connectivity index (χ2v) is 7.28. The van der Waals surface area contributed by atoms with Crippen LogP contribution in [0.3, 0.4) is 0 Å². The molecule has 4 rings (SSSR count). The van der Waals surface area contributed by atoms with Crippen LogP contribution in [0.15, 0.2) is 77.5 Å². The van der Waals surface area contributed by atoms with Gasteiger partial charge in [-0.05, 0) is 36.4 Å². The number of hydroxylamine groups is 1. The molecular formula is C22H16Cl2N4O2. The molecule has 3 aromatic rings. The fraction of sp³-hybridized carbons (Fsp3) is 0.0455. The number of aromatic nitrogens is 1. The Labute approximate surface area is 183 Å². The second-order valence-electron chi connectivity index (χ2n) is 6.41. The van der Waals surface area contributed by atoms with Gasteiger partial charge in [0, 0.05) is 28.0 Å². The van der Waals surface area contributed by atoms with Crippen LogP contribution in [-0.4, -0.2) is 23.3 Å². The SMILES string of the molecule is O=C(Nc1ccc(Cl)cc1)ONC1=Cc2ncc(Cl)cc2C(c2ccccc2)=NC1. The number of hydrogen-bond acceptors (Lipinski definition) is 5. The van der Waals surface area contributed by atoms with Gasteiger partial charge in [-0.25, -0.2) is 10.3 Å². The fourth-order valence-corrected chi connectivity index (χ4v) is 3.19. The molecule has 2 heterocycles. The first-order valence-corrected chi connectivity index (χ1v) is 9.80. The Balaban J connectivity index is 1.52. The van der Waals surface area contributed by atoms with E-state index in [1.54, 1.807) is 36.5 Å². The molecule has 0 saturated carbocycles. The van der Waals surface area contributed by atoms with Crippen molar-refractivity contribution in [1.29, 1.82) is 0 Å². The van der Waals surface area contributed by atoms with E-state index in [2.05, 4.69) is 20.8 Å². The van der Waals surface area contributed by atoms with Crippen LogP contribution in [0.4, 0.5) is 10.5 Å². The van der Waals surface area contributed by atoms with Crippen molar-refractivity contribution in [3.05, 3.63) is 99.4 Å². The summed E-state index contributed by atoms with van der Waals surface area (Å²) in [4.78, 5) is 26.3. The predicted octanol–water partition coefficient (Wildman–Crippen LogP) is 5.33. The van der Waals surface area contributed by atoms with E-state index in [4.69, 9.17) is 28.0 Å². The molecule has 1 amide bonds. The third-order valence-corrected chi connectivity index (χ3v) is 4.73. The predicted molar refractivity (Wildman–Crippen MR) is 119 cm³/mol. The van der Waals surface area contributed by atoms with E-state index in [0.29, 0.717) is 27.1 Å². The first-order chi connectivity index (χ1) is 14.6. The van der Waals surface area contributed by atoms with Gasteiger partial charge in [0.25, 0.3) is 0 Å². The van der Waals surface area contributed by atoms with Crippen molar-refractivity contribution in [2.75, 3.05) is 11.9 Å². The van der Waals surface area contributed by atoms with Gasteiger partial charge in [-0.3, -0.25) is 15.3 Å². The molecule has 0 aliphatic carbocycles. The Morgan fingerprint density at radius 3 is 2.53 bits per heavy atom. The van der Waals surface area contributed by atoms with Gasteiger partial charge in [-0.2, -0.15) is 0 Å². The zero-order valence-electron chi connectivity index (χ0n) is 15.6. The summed E-state index contributed by atoms with van der Waals surface area (Å²) in [5, 5.41) is 3.70. The summed E-state index contributed by atoms with van der Waals surface area (Å²) < 4.78 is 0. The molecule has 1 aliphatic rings. The third kappa shape index (κ3) is 4.79. The molecule has 0 radical (unpaired) electrons. The monoisotopic (exact) mass is 438 g/mol. The molecule has 0 fully saturated rings. The summed E-state index contributed by atoms with van der Waals surface area (Å²) in [5.41, 5.74) is 6.98. The molecule has 2 aromatic carbocycles. The first-order valence-electron chi connectivity index (χ1n) is 9.04. The second kappa shape index (κ2) is 8.98. The van der Waals surface area contributed by atoms with E-state index >= 15 is 0 Å². The number of nitrogens with one attached hydrogen (secondary N) is 2. The molecule has 0 unspecified atom stereocenters. The summed E-state index contributed by atoms with van der Waals surface area (Å²) in [7, 11) is 0. The standard InChI is InChI=1S/C22H16Cl2N4O2/c23-15-6-8-17(9-7-15)27-22(29)30-28-18-11-20-19(10-16(24)12-25-20)21(26-13-18)14-4-2-1-3-5-14/h1-12,28H,13H2,(H,27,29). The highest BCUT2D eigenvalue weighted by Crippen LogP contribution is 2.23. The summed E-state index contributed by atoms with van der Waals surface area (Å²) in [6.45, 7) is 0.270. The van der Waals surface area contributed by atoms with Gasteiger partial charge >= 0.3 is 6.09 Å². The molecule has 8 heteroatoms. The number of fused-ring (bicyclic) bond motifs is 1. The summed E-state index contributed by atoms with van der Waals surface area (Å²) >= 11 is 12.0. The van der Waals surface area contributed by atoms with Crippen molar-refractivity contribution in [3.63, 3.8) is 0 Å². The smallest absolute Gasteiger partial charge is 0.324 e. The zero-order valence-corrected chi connectivity index (χ0v) is 17.1. The van der Waals surface area contributed by atoms with Gasteiger partial charge in [0.1, 0.15) is 0 Å². The molecular weight excluding hydrogens is 423 g/mol. The van der Waals surface area contributed by atoms with Gasteiger partial charge in [-0.1, -0.05) is 53.5 Å². The Bertz CT molecular complexity index is 1130. The number of pyridine rings is 1. The number of anilines is 1. The van der Waals surface area contributed by atoms with Crippen LogP contribution in [0, 0.1) is 0 Å². The Kier molecular flexibility index (Phi) is 5.97. The van der Waals surface area contributed by atoms with E-state index in [0.717, 1.165) is 16.8 Å². The van der Waals surface area contributed by atoms with Gasteiger partial charge in [-0.15, -0.1) is 0 Å². The van der Waals surface area contributed by atoms with E-state index in [9.17, 15) is 4.79 Å². The Hall–Kier alpha value is -3.35. The highest BCUT2D eigenvalue weighted by atomic mass is 35.5. The summed E-state index contributed by atoms with van der Waals surface area (Å²) in [6, 6.07) is 18.3. The molecule has 1 aliphatic heterocycles. The van der Waals surface area contributed by atoms with E-state index in [-0.39, 0.29) is 6.54 Å². The topological polar surface area (TPSA) is 75.6 Å². The molecule has 6 nitrogen and oxygen atoms in total. The van der Waals surface area contributed by atoms with Crippen molar-refractivity contribution in [3.8, 4) is 0 Å². The largest absolute Gasteiger partial charge is 0.435 e. The highest BCUT2D eigenvalue weighted by molar-refractivity contribution is 6.31. The van der Waals surface area contributed by atoms with Gasteiger partial charge < -0.3 is 4.84 Å². The Morgan fingerprint density at radius 2 is 1.77 bits per heavy atom. The molecule has 0 bridgehead atoms. The van der Waals surface area contributed by atoms with E-state index in [1.165, 1.54) is 0 Å². The maximum atomic E-state index is 12.1. The van der Waals surface area contributed by atoms with E-state index in [1.807, 2.05) is 36.4 Å². The van der Waals surface area contributed by atoms with Crippen molar-refractivity contribution in [1.82, 2.24) is 10.5 Å². The lowest BCUT2D eigenvalue weighted by Gasteiger charge is -2.09.